The van der Waals surface area contributed by atoms with E-state index < -0.39 is 5.60 Å². The van der Waals surface area contributed by atoms with Gasteiger partial charge in [0.25, 0.3) is 0 Å². The Hall–Kier alpha value is -0.120. The Balaban J connectivity index is 1.92. The van der Waals surface area contributed by atoms with E-state index in [-0.39, 0.29) is 0 Å². The van der Waals surface area contributed by atoms with E-state index in [4.69, 9.17) is 5.73 Å². The van der Waals surface area contributed by atoms with Gasteiger partial charge in [-0.05, 0) is 45.1 Å². The molecule has 2 aliphatic rings. The van der Waals surface area contributed by atoms with Gasteiger partial charge in [-0.15, -0.1) is 0 Å². The molecular weight excluding hydrogens is 188 g/mol. The first-order valence-corrected chi connectivity index (χ1v) is 6.32. The van der Waals surface area contributed by atoms with Crippen molar-refractivity contribution < 1.29 is 5.11 Å². The van der Waals surface area contributed by atoms with Crippen molar-refractivity contribution in [2.75, 3.05) is 19.6 Å². The monoisotopic (exact) mass is 212 g/mol. The minimum absolute atomic E-state index is 0.418. The molecule has 0 amide bonds. The number of hydrogen-bond acceptors (Lipinski definition) is 3. The summed E-state index contributed by atoms with van der Waals surface area (Å²) in [5.74, 6) is 0.469. The Labute approximate surface area is 92.6 Å². The minimum Gasteiger partial charge on any atom is -0.387 e. The zero-order chi connectivity index (χ0) is 10.9. The highest BCUT2D eigenvalue weighted by atomic mass is 16.3. The predicted octanol–water partition coefficient (Wildman–Crippen LogP) is 0.961. The van der Waals surface area contributed by atoms with Crippen LogP contribution >= 0.6 is 0 Å². The average molecular weight is 212 g/mol. The normalized spacial score (nSPS) is 32.6. The lowest BCUT2D eigenvalue weighted by molar-refractivity contribution is -0.0244. The van der Waals surface area contributed by atoms with E-state index in [0.717, 1.165) is 25.9 Å². The summed E-state index contributed by atoms with van der Waals surface area (Å²) in [5.41, 5.74) is 5.13. The highest BCUT2D eigenvalue weighted by Gasteiger charge is 2.44. The molecule has 88 valence electrons. The highest BCUT2D eigenvalue weighted by Crippen LogP contribution is 2.40. The zero-order valence-electron chi connectivity index (χ0n) is 9.78. The van der Waals surface area contributed by atoms with Crippen molar-refractivity contribution in [3.8, 4) is 0 Å². The average Bonchev–Trinajstić information content (AvgIpc) is 3.05. The summed E-state index contributed by atoms with van der Waals surface area (Å²) in [5, 5.41) is 10.5. The Morgan fingerprint density at radius 1 is 1.33 bits per heavy atom. The smallest absolute Gasteiger partial charge is 0.0923 e. The van der Waals surface area contributed by atoms with Crippen LogP contribution in [0, 0.1) is 5.92 Å². The predicted molar refractivity (Wildman–Crippen MR) is 61.6 cm³/mol. The highest BCUT2D eigenvalue weighted by molar-refractivity contribution is 4.98. The van der Waals surface area contributed by atoms with E-state index in [1.54, 1.807) is 0 Å². The third-order valence-corrected chi connectivity index (χ3v) is 4.11. The molecule has 0 aromatic carbocycles. The van der Waals surface area contributed by atoms with Crippen LogP contribution in [0.2, 0.25) is 0 Å². The quantitative estimate of drug-likeness (QED) is 0.730. The van der Waals surface area contributed by atoms with Crippen molar-refractivity contribution in [3.05, 3.63) is 0 Å². The van der Waals surface area contributed by atoms with Crippen molar-refractivity contribution in [1.29, 1.82) is 0 Å². The number of aliphatic hydroxyl groups is 1. The van der Waals surface area contributed by atoms with Crippen LogP contribution in [0.4, 0.5) is 0 Å². The zero-order valence-corrected chi connectivity index (χ0v) is 9.78. The third-order valence-electron chi connectivity index (χ3n) is 4.11. The molecule has 2 rings (SSSR count). The summed E-state index contributed by atoms with van der Waals surface area (Å²) in [6.07, 6.45) is 6.20. The molecule has 2 unspecified atom stereocenters. The van der Waals surface area contributed by atoms with Gasteiger partial charge in [-0.1, -0.05) is 6.42 Å². The molecule has 0 bridgehead atoms. The molecule has 1 heterocycles. The fourth-order valence-electron chi connectivity index (χ4n) is 2.73. The Bertz CT molecular complexity index is 218. The van der Waals surface area contributed by atoms with Gasteiger partial charge in [-0.2, -0.15) is 0 Å². The fourth-order valence-corrected chi connectivity index (χ4v) is 2.73. The topological polar surface area (TPSA) is 49.5 Å². The first kappa shape index (κ1) is 11.4. The van der Waals surface area contributed by atoms with E-state index in [9.17, 15) is 5.11 Å². The number of β-amino-alcohol motifs (C(OH)–C–C–N with tert-alkyl or cyclic N) is 1. The van der Waals surface area contributed by atoms with E-state index in [1.807, 2.05) is 0 Å². The standard InChI is InChI=1S/C12H24N2O/c1-10-4-2-3-7-14(10)9-12(15,8-13)11-5-6-11/h10-11,15H,2-9,13H2,1H3. The van der Waals surface area contributed by atoms with Crippen LogP contribution in [0.5, 0.6) is 0 Å². The van der Waals surface area contributed by atoms with Gasteiger partial charge in [-0.3, -0.25) is 4.90 Å². The molecule has 2 atom stereocenters. The molecule has 3 heteroatoms. The van der Waals surface area contributed by atoms with E-state index in [2.05, 4.69) is 11.8 Å². The van der Waals surface area contributed by atoms with Gasteiger partial charge < -0.3 is 10.8 Å². The molecule has 1 saturated heterocycles. The van der Waals surface area contributed by atoms with Crippen LogP contribution in [0.1, 0.15) is 39.0 Å². The van der Waals surface area contributed by atoms with Gasteiger partial charge >= 0.3 is 0 Å². The van der Waals surface area contributed by atoms with Crippen molar-refractivity contribution >= 4 is 0 Å². The number of likely N-dealkylation sites (tertiary alicyclic amines) is 1. The molecule has 0 aromatic heterocycles. The lowest BCUT2D eigenvalue weighted by atomic mass is 9.94. The van der Waals surface area contributed by atoms with Crippen LogP contribution in [-0.4, -0.2) is 41.3 Å². The summed E-state index contributed by atoms with van der Waals surface area (Å²) in [6, 6.07) is 0.621. The molecule has 1 aliphatic heterocycles. The van der Waals surface area contributed by atoms with Crippen molar-refractivity contribution in [1.82, 2.24) is 4.90 Å². The second kappa shape index (κ2) is 4.40. The Morgan fingerprint density at radius 2 is 2.07 bits per heavy atom. The molecule has 0 spiro atoms. The molecule has 3 N–H and O–H groups in total. The largest absolute Gasteiger partial charge is 0.387 e. The summed E-state index contributed by atoms with van der Waals surface area (Å²) in [4.78, 5) is 2.43. The van der Waals surface area contributed by atoms with Gasteiger partial charge in [0.2, 0.25) is 0 Å². The maximum Gasteiger partial charge on any atom is 0.0923 e. The molecule has 2 fully saturated rings. The van der Waals surface area contributed by atoms with Crippen LogP contribution in [-0.2, 0) is 0 Å². The summed E-state index contributed by atoms with van der Waals surface area (Å²) in [7, 11) is 0. The number of nitrogens with two attached hydrogens (primary N) is 1. The molecular formula is C12H24N2O. The molecule has 1 saturated carbocycles. The van der Waals surface area contributed by atoms with Crippen LogP contribution in [0.25, 0.3) is 0 Å². The van der Waals surface area contributed by atoms with Crippen molar-refractivity contribution in [2.24, 2.45) is 11.7 Å². The van der Waals surface area contributed by atoms with Crippen LogP contribution in [0.15, 0.2) is 0 Å². The maximum absolute atomic E-state index is 10.5. The van der Waals surface area contributed by atoms with Gasteiger partial charge in [0.1, 0.15) is 0 Å². The fraction of sp³-hybridized carbons (Fsp3) is 1.00. The third kappa shape index (κ3) is 2.52. The first-order chi connectivity index (χ1) is 7.15. The van der Waals surface area contributed by atoms with Gasteiger partial charge in [0.15, 0.2) is 0 Å². The Kier molecular flexibility index (Phi) is 3.33. The van der Waals surface area contributed by atoms with Crippen molar-refractivity contribution in [2.45, 2.75) is 50.7 Å². The number of rotatable bonds is 4. The number of nitrogens with zero attached hydrogens (tertiary/aromatic N) is 1. The maximum atomic E-state index is 10.5. The summed E-state index contributed by atoms with van der Waals surface area (Å²) < 4.78 is 0. The molecule has 15 heavy (non-hydrogen) atoms. The SMILES string of the molecule is CC1CCCCN1CC(O)(CN)C1CC1. The van der Waals surface area contributed by atoms with E-state index in [0.29, 0.717) is 18.5 Å². The number of hydrogen-bond donors (Lipinski definition) is 2. The summed E-state index contributed by atoms with van der Waals surface area (Å²) >= 11 is 0. The van der Waals surface area contributed by atoms with Crippen LogP contribution < -0.4 is 5.73 Å². The lowest BCUT2D eigenvalue weighted by Gasteiger charge is -2.39. The van der Waals surface area contributed by atoms with Gasteiger partial charge in [0, 0.05) is 19.1 Å². The van der Waals surface area contributed by atoms with E-state index >= 15 is 0 Å². The second-order valence-electron chi connectivity index (χ2n) is 5.40. The second-order valence-corrected chi connectivity index (χ2v) is 5.40. The molecule has 0 radical (unpaired) electrons. The molecule has 3 nitrogen and oxygen atoms in total. The van der Waals surface area contributed by atoms with Crippen molar-refractivity contribution in [3.63, 3.8) is 0 Å². The molecule has 1 aliphatic carbocycles. The van der Waals surface area contributed by atoms with Gasteiger partial charge in [-0.25, -0.2) is 0 Å². The first-order valence-electron chi connectivity index (χ1n) is 6.32. The van der Waals surface area contributed by atoms with Crippen LogP contribution in [0.3, 0.4) is 0 Å². The Morgan fingerprint density at radius 3 is 2.60 bits per heavy atom. The summed E-state index contributed by atoms with van der Waals surface area (Å²) in [6.45, 7) is 4.61. The van der Waals surface area contributed by atoms with E-state index in [1.165, 1.54) is 19.3 Å². The number of piperidine rings is 1. The molecule has 0 aromatic rings. The minimum atomic E-state index is -0.606. The van der Waals surface area contributed by atoms with Gasteiger partial charge in [0.05, 0.1) is 5.60 Å². The lowest BCUT2D eigenvalue weighted by Crippen LogP contribution is -2.53.